The van der Waals surface area contributed by atoms with E-state index in [1.54, 1.807) is 0 Å². The first-order chi connectivity index (χ1) is 6.24. The summed E-state index contributed by atoms with van der Waals surface area (Å²) >= 11 is 0. The van der Waals surface area contributed by atoms with Gasteiger partial charge in [-0.3, -0.25) is 4.79 Å². The molecule has 1 N–H and O–H groups in total. The molecule has 0 aromatic carbocycles. The summed E-state index contributed by atoms with van der Waals surface area (Å²) in [5.41, 5.74) is 0. The number of ether oxygens (including phenoxy) is 1. The fraction of sp³-hybridized carbons (Fsp3) is 0.900. The molecule has 1 aliphatic rings. The molecule has 0 saturated heterocycles. The minimum absolute atomic E-state index is 0.190. The average molecular weight is 186 g/mol. The lowest BCUT2D eigenvalue weighted by Gasteiger charge is -2.30. The molecule has 1 saturated carbocycles. The van der Waals surface area contributed by atoms with Crippen LogP contribution >= 0.6 is 0 Å². The van der Waals surface area contributed by atoms with Crippen LogP contribution in [0.25, 0.3) is 0 Å². The first-order valence-electron chi connectivity index (χ1n) is 5.07. The molecule has 3 nitrogen and oxygen atoms in total. The SMILES string of the molecule is CCO[C@H]1CCCC[C@H]1CC(=O)O. The van der Waals surface area contributed by atoms with Crippen molar-refractivity contribution in [3.05, 3.63) is 0 Å². The van der Waals surface area contributed by atoms with E-state index in [0.717, 1.165) is 19.3 Å². The minimum Gasteiger partial charge on any atom is -0.481 e. The van der Waals surface area contributed by atoms with Crippen LogP contribution in [0.4, 0.5) is 0 Å². The van der Waals surface area contributed by atoms with Crippen molar-refractivity contribution >= 4 is 5.97 Å². The molecule has 0 aromatic heterocycles. The highest BCUT2D eigenvalue weighted by Crippen LogP contribution is 2.29. The van der Waals surface area contributed by atoms with Crippen LogP contribution in [0.5, 0.6) is 0 Å². The lowest BCUT2D eigenvalue weighted by atomic mass is 9.84. The van der Waals surface area contributed by atoms with E-state index in [9.17, 15) is 4.79 Å². The van der Waals surface area contributed by atoms with E-state index in [1.165, 1.54) is 6.42 Å². The summed E-state index contributed by atoms with van der Waals surface area (Å²) in [5, 5.41) is 8.70. The van der Waals surface area contributed by atoms with Crippen LogP contribution in [0, 0.1) is 5.92 Å². The predicted octanol–water partition coefficient (Wildman–Crippen LogP) is 2.06. The third kappa shape index (κ3) is 3.35. The lowest BCUT2D eigenvalue weighted by Crippen LogP contribution is -2.29. The summed E-state index contributed by atoms with van der Waals surface area (Å²) in [4.78, 5) is 10.6. The van der Waals surface area contributed by atoms with Crippen molar-refractivity contribution in [1.29, 1.82) is 0 Å². The van der Waals surface area contributed by atoms with Gasteiger partial charge in [-0.15, -0.1) is 0 Å². The van der Waals surface area contributed by atoms with Crippen LogP contribution in [-0.2, 0) is 9.53 Å². The normalized spacial score (nSPS) is 28.7. The number of carboxylic acids is 1. The van der Waals surface area contributed by atoms with E-state index in [1.807, 2.05) is 6.92 Å². The molecule has 1 aliphatic carbocycles. The first-order valence-corrected chi connectivity index (χ1v) is 5.07. The van der Waals surface area contributed by atoms with Crippen molar-refractivity contribution < 1.29 is 14.6 Å². The molecule has 1 rings (SSSR count). The highest BCUT2D eigenvalue weighted by molar-refractivity contribution is 5.67. The summed E-state index contributed by atoms with van der Waals surface area (Å²) in [6, 6.07) is 0. The highest BCUT2D eigenvalue weighted by atomic mass is 16.5. The van der Waals surface area contributed by atoms with Crippen LogP contribution < -0.4 is 0 Å². The number of hydrogen-bond donors (Lipinski definition) is 1. The Labute approximate surface area is 79.1 Å². The zero-order valence-corrected chi connectivity index (χ0v) is 8.16. The average Bonchev–Trinajstić information content (AvgIpc) is 2.08. The van der Waals surface area contributed by atoms with E-state index in [0.29, 0.717) is 6.61 Å². The van der Waals surface area contributed by atoms with E-state index < -0.39 is 5.97 Å². The molecule has 0 aliphatic heterocycles. The van der Waals surface area contributed by atoms with Gasteiger partial charge in [-0.05, 0) is 25.7 Å². The monoisotopic (exact) mass is 186 g/mol. The van der Waals surface area contributed by atoms with Crippen LogP contribution in [-0.4, -0.2) is 23.8 Å². The van der Waals surface area contributed by atoms with E-state index in [4.69, 9.17) is 9.84 Å². The Balaban J connectivity index is 2.41. The van der Waals surface area contributed by atoms with Crippen molar-refractivity contribution in [1.82, 2.24) is 0 Å². The second-order valence-corrected chi connectivity index (χ2v) is 3.64. The topological polar surface area (TPSA) is 46.5 Å². The summed E-state index contributed by atoms with van der Waals surface area (Å²) in [5.74, 6) is -0.456. The lowest BCUT2D eigenvalue weighted by molar-refractivity contribution is -0.140. The smallest absolute Gasteiger partial charge is 0.303 e. The molecule has 0 spiro atoms. The van der Waals surface area contributed by atoms with Gasteiger partial charge >= 0.3 is 5.97 Å². The molecule has 13 heavy (non-hydrogen) atoms. The third-order valence-electron chi connectivity index (χ3n) is 2.66. The number of hydrogen-bond acceptors (Lipinski definition) is 2. The standard InChI is InChI=1S/C10H18O3/c1-2-13-9-6-4-3-5-8(9)7-10(11)12/h8-9H,2-7H2,1H3,(H,11,12)/t8-,9-/m0/s1. The molecule has 1 fully saturated rings. The molecule has 3 heteroatoms. The van der Waals surface area contributed by atoms with Crippen LogP contribution in [0.3, 0.4) is 0 Å². The predicted molar refractivity (Wildman–Crippen MR) is 49.6 cm³/mol. The summed E-state index contributed by atoms with van der Waals surface area (Å²) in [7, 11) is 0. The second kappa shape index (κ2) is 5.22. The Kier molecular flexibility index (Phi) is 4.22. The number of rotatable bonds is 4. The molecule has 0 unspecified atom stereocenters. The van der Waals surface area contributed by atoms with Crippen LogP contribution in [0.15, 0.2) is 0 Å². The quantitative estimate of drug-likeness (QED) is 0.731. The largest absolute Gasteiger partial charge is 0.481 e. The Bertz CT molecular complexity index is 166. The first kappa shape index (κ1) is 10.5. The van der Waals surface area contributed by atoms with Gasteiger partial charge in [0, 0.05) is 6.61 Å². The van der Waals surface area contributed by atoms with E-state index in [-0.39, 0.29) is 18.4 Å². The molecule has 2 atom stereocenters. The molecule has 0 amide bonds. The van der Waals surface area contributed by atoms with Crippen LogP contribution in [0.2, 0.25) is 0 Å². The minimum atomic E-state index is -0.698. The molecule has 0 heterocycles. The van der Waals surface area contributed by atoms with Crippen molar-refractivity contribution in [3.63, 3.8) is 0 Å². The van der Waals surface area contributed by atoms with Gasteiger partial charge in [0.15, 0.2) is 0 Å². The van der Waals surface area contributed by atoms with Gasteiger partial charge < -0.3 is 9.84 Å². The zero-order chi connectivity index (χ0) is 9.68. The molecule has 76 valence electrons. The molecular weight excluding hydrogens is 168 g/mol. The van der Waals surface area contributed by atoms with Crippen molar-refractivity contribution in [2.24, 2.45) is 5.92 Å². The van der Waals surface area contributed by atoms with Gasteiger partial charge in [0.05, 0.1) is 12.5 Å². The summed E-state index contributed by atoms with van der Waals surface area (Å²) in [6.07, 6.45) is 4.84. The Hall–Kier alpha value is -0.570. The number of carbonyl (C=O) groups is 1. The fourth-order valence-corrected chi connectivity index (χ4v) is 2.06. The summed E-state index contributed by atoms with van der Waals surface area (Å²) < 4.78 is 5.53. The van der Waals surface area contributed by atoms with E-state index >= 15 is 0 Å². The second-order valence-electron chi connectivity index (χ2n) is 3.64. The third-order valence-corrected chi connectivity index (χ3v) is 2.66. The van der Waals surface area contributed by atoms with Gasteiger partial charge in [0.1, 0.15) is 0 Å². The molecule has 0 aromatic rings. The molecule has 0 bridgehead atoms. The maximum absolute atomic E-state index is 10.6. The van der Waals surface area contributed by atoms with Gasteiger partial charge in [-0.1, -0.05) is 12.8 Å². The maximum atomic E-state index is 10.6. The van der Waals surface area contributed by atoms with Gasteiger partial charge in [0.2, 0.25) is 0 Å². The van der Waals surface area contributed by atoms with Gasteiger partial charge in [0.25, 0.3) is 0 Å². The zero-order valence-electron chi connectivity index (χ0n) is 8.16. The molecule has 0 radical (unpaired) electrons. The van der Waals surface area contributed by atoms with Gasteiger partial charge in [-0.2, -0.15) is 0 Å². The van der Waals surface area contributed by atoms with Crippen molar-refractivity contribution in [2.75, 3.05) is 6.61 Å². The highest BCUT2D eigenvalue weighted by Gasteiger charge is 2.27. The Morgan fingerprint density at radius 2 is 2.15 bits per heavy atom. The number of carboxylic acid groups (broad SMARTS) is 1. The Morgan fingerprint density at radius 3 is 2.77 bits per heavy atom. The van der Waals surface area contributed by atoms with Gasteiger partial charge in [-0.25, -0.2) is 0 Å². The number of aliphatic carboxylic acids is 1. The van der Waals surface area contributed by atoms with E-state index in [2.05, 4.69) is 0 Å². The fourth-order valence-electron chi connectivity index (χ4n) is 2.06. The summed E-state index contributed by atoms with van der Waals surface area (Å²) in [6.45, 7) is 2.66. The molecular formula is C10H18O3. The maximum Gasteiger partial charge on any atom is 0.303 e. The van der Waals surface area contributed by atoms with Crippen molar-refractivity contribution in [3.8, 4) is 0 Å². The van der Waals surface area contributed by atoms with Crippen molar-refractivity contribution in [2.45, 2.75) is 45.1 Å². The van der Waals surface area contributed by atoms with Crippen LogP contribution in [0.1, 0.15) is 39.0 Å². The Morgan fingerprint density at radius 1 is 1.46 bits per heavy atom.